The molecular weight excluding hydrogens is 568 g/mol. The number of ether oxygens (including phenoxy) is 1. The number of hydrogen-bond acceptors (Lipinski definition) is 6. The van der Waals surface area contributed by atoms with Gasteiger partial charge in [-0.1, -0.05) is 24.0 Å². The Bertz CT molecular complexity index is 1460. The molecule has 12 heteroatoms. The number of thiophene rings is 1. The fraction of sp³-hybridized carbons (Fsp3) is 0.429. The highest BCUT2D eigenvalue weighted by atomic mass is 32.1. The lowest BCUT2D eigenvalue weighted by molar-refractivity contribution is -0.126. The van der Waals surface area contributed by atoms with Crippen molar-refractivity contribution < 1.29 is 31.3 Å². The first-order valence-electron chi connectivity index (χ1n) is 12.7. The number of piperidine rings is 1. The van der Waals surface area contributed by atoms with E-state index in [1.807, 2.05) is 11.9 Å². The van der Waals surface area contributed by atoms with E-state index in [1.165, 1.54) is 6.07 Å². The highest BCUT2D eigenvalue weighted by molar-refractivity contribution is 7.70. The van der Waals surface area contributed by atoms with Crippen LogP contribution in [0.1, 0.15) is 16.9 Å². The Kier molecular flexibility index (Phi) is 9.33. The van der Waals surface area contributed by atoms with Crippen molar-refractivity contribution in [3.63, 3.8) is 0 Å². The molecule has 1 unspecified atom stereocenters. The third-order valence-corrected chi connectivity index (χ3v) is 9.37. The van der Waals surface area contributed by atoms with Crippen LogP contribution < -0.4 is 20.7 Å². The number of fused-ring (bicyclic) bond motifs is 1. The van der Waals surface area contributed by atoms with Gasteiger partial charge in [-0.3, -0.25) is 0 Å². The minimum atomic E-state index is -4.44. The lowest BCUT2D eigenvalue weighted by Gasteiger charge is -2.33. The van der Waals surface area contributed by atoms with Crippen molar-refractivity contribution in [2.24, 2.45) is 0 Å². The molecule has 4 rings (SSSR count). The van der Waals surface area contributed by atoms with Gasteiger partial charge in [0.1, 0.15) is 19.1 Å². The van der Waals surface area contributed by atoms with Crippen LogP contribution in [-0.4, -0.2) is 70.2 Å². The third-order valence-electron chi connectivity index (χ3n) is 6.65. The molecule has 40 heavy (non-hydrogen) atoms. The predicted molar refractivity (Wildman–Crippen MR) is 154 cm³/mol. The summed E-state index contributed by atoms with van der Waals surface area (Å²) in [4.78, 5) is 2.18. The first-order chi connectivity index (χ1) is 18.9. The molecule has 1 fully saturated rings. The molecule has 1 saturated heterocycles. The van der Waals surface area contributed by atoms with E-state index in [-0.39, 0.29) is 29.3 Å². The highest BCUT2D eigenvalue weighted by Crippen LogP contribution is 2.40. The molecule has 0 radical (unpaired) electrons. The normalized spacial score (nSPS) is 18.3. The first-order valence-corrected chi connectivity index (χ1v) is 16.1. The number of nitrogens with zero attached hydrogens (tertiary/aromatic N) is 1. The van der Waals surface area contributed by atoms with Crippen molar-refractivity contribution in [1.29, 1.82) is 0 Å². The molecule has 2 aromatic carbocycles. The van der Waals surface area contributed by atoms with Crippen molar-refractivity contribution in [2.75, 3.05) is 57.5 Å². The van der Waals surface area contributed by atoms with Crippen LogP contribution in [0.25, 0.3) is 10.1 Å². The summed E-state index contributed by atoms with van der Waals surface area (Å²) in [6, 6.07) is 9.37. The van der Waals surface area contributed by atoms with Gasteiger partial charge >= 0.3 is 6.18 Å². The summed E-state index contributed by atoms with van der Waals surface area (Å²) < 4.78 is 86.2. The molecule has 0 saturated carbocycles. The van der Waals surface area contributed by atoms with Crippen LogP contribution in [-0.2, 0) is 11.0 Å². The Morgan fingerprint density at radius 3 is 2.65 bits per heavy atom. The minimum Gasteiger partial charge on any atom is -0.461 e. The molecule has 1 aromatic heterocycles. The second-order valence-corrected chi connectivity index (χ2v) is 14.4. The second-order valence-electron chi connectivity index (χ2n) is 10.1. The molecule has 0 amide bonds. The number of likely N-dealkylation sites (tertiary alicyclic amines) is 1. The number of nitrogens with one attached hydrogen (secondary N) is 2. The first kappa shape index (κ1) is 30.2. The van der Waals surface area contributed by atoms with E-state index >= 15 is 0 Å². The Hall–Kier alpha value is -2.80. The molecule has 5 nitrogen and oxygen atoms in total. The van der Waals surface area contributed by atoms with E-state index in [2.05, 4.69) is 22.5 Å². The summed E-state index contributed by atoms with van der Waals surface area (Å²) in [6.07, 6.45) is -6.10. The SMILES string of the molecule is CN1CCC(Nc2cccc3c(CC(F)(F)F)c(C#CCNc4ccc(P(C)(C)=O)cc4OCF)sc23)[C@@H](F)C1. The van der Waals surface area contributed by atoms with Crippen LogP contribution in [0, 0.1) is 11.8 Å². The summed E-state index contributed by atoms with van der Waals surface area (Å²) in [5.74, 6) is 5.89. The smallest absolute Gasteiger partial charge is 0.393 e. The Balaban J connectivity index is 1.60. The number of alkyl halides is 5. The van der Waals surface area contributed by atoms with Crippen LogP contribution in [0.2, 0.25) is 0 Å². The third kappa shape index (κ3) is 7.48. The number of halogens is 5. The summed E-state index contributed by atoms with van der Waals surface area (Å²) in [7, 11) is -0.745. The van der Waals surface area contributed by atoms with Crippen LogP contribution >= 0.6 is 18.5 Å². The molecule has 1 aliphatic heterocycles. The van der Waals surface area contributed by atoms with E-state index in [1.54, 1.807) is 43.7 Å². The Labute approximate surface area is 234 Å². The number of anilines is 2. The van der Waals surface area contributed by atoms with Gasteiger partial charge in [-0.05, 0) is 62.0 Å². The van der Waals surface area contributed by atoms with Gasteiger partial charge < -0.3 is 24.8 Å². The topological polar surface area (TPSA) is 53.6 Å². The summed E-state index contributed by atoms with van der Waals surface area (Å²) in [5.41, 5.74) is 1.09. The Morgan fingerprint density at radius 1 is 1.20 bits per heavy atom. The highest BCUT2D eigenvalue weighted by Gasteiger charge is 2.32. The van der Waals surface area contributed by atoms with E-state index in [4.69, 9.17) is 4.74 Å². The predicted octanol–water partition coefficient (Wildman–Crippen LogP) is 6.48. The Morgan fingerprint density at radius 2 is 1.98 bits per heavy atom. The van der Waals surface area contributed by atoms with Gasteiger partial charge in [0.05, 0.1) is 40.0 Å². The van der Waals surface area contributed by atoms with Crippen molar-refractivity contribution in [1.82, 2.24) is 4.90 Å². The van der Waals surface area contributed by atoms with Crippen molar-refractivity contribution in [3.8, 4) is 17.6 Å². The van der Waals surface area contributed by atoms with Gasteiger partial charge in [0, 0.05) is 18.4 Å². The molecule has 1 aliphatic rings. The van der Waals surface area contributed by atoms with E-state index in [0.29, 0.717) is 33.2 Å². The van der Waals surface area contributed by atoms with E-state index < -0.39 is 38.8 Å². The van der Waals surface area contributed by atoms with Crippen molar-refractivity contribution >= 4 is 45.2 Å². The molecule has 2 N–H and O–H groups in total. The van der Waals surface area contributed by atoms with E-state index in [0.717, 1.165) is 17.9 Å². The summed E-state index contributed by atoms with van der Waals surface area (Å²) in [5, 5.41) is 7.18. The number of hydrogen-bond donors (Lipinski definition) is 2. The molecule has 2 atom stereocenters. The van der Waals surface area contributed by atoms with Gasteiger partial charge in [-0.25, -0.2) is 8.78 Å². The maximum Gasteiger partial charge on any atom is 0.393 e. The fourth-order valence-electron chi connectivity index (χ4n) is 4.61. The quantitative estimate of drug-likeness (QED) is 0.177. The molecule has 216 valence electrons. The van der Waals surface area contributed by atoms with Gasteiger partial charge in [0.2, 0.25) is 6.86 Å². The van der Waals surface area contributed by atoms with Gasteiger partial charge in [0.25, 0.3) is 0 Å². The fourth-order valence-corrected chi connectivity index (χ4v) is 6.65. The maximum absolute atomic E-state index is 14.7. The van der Waals surface area contributed by atoms with Gasteiger partial charge in [-0.15, -0.1) is 11.3 Å². The molecule has 2 heterocycles. The van der Waals surface area contributed by atoms with Gasteiger partial charge in [0.15, 0.2) is 0 Å². The summed E-state index contributed by atoms with van der Waals surface area (Å²) in [6.45, 7) is 3.16. The molecule has 0 bridgehead atoms. The van der Waals surface area contributed by atoms with Crippen LogP contribution in [0.3, 0.4) is 0 Å². The minimum absolute atomic E-state index is 0.0435. The molecule has 0 aliphatic carbocycles. The average molecular weight is 600 g/mol. The zero-order valence-corrected chi connectivity index (χ0v) is 24.1. The summed E-state index contributed by atoms with van der Waals surface area (Å²) >= 11 is 1.14. The van der Waals surface area contributed by atoms with E-state index in [9.17, 15) is 26.5 Å². The van der Waals surface area contributed by atoms with Crippen LogP contribution in [0.4, 0.5) is 33.3 Å². The number of benzene rings is 2. The van der Waals surface area contributed by atoms with Crippen LogP contribution in [0.5, 0.6) is 5.75 Å². The second kappa shape index (κ2) is 12.4. The lowest BCUT2D eigenvalue weighted by Crippen LogP contribution is -2.46. The molecular formula is C28H31F5N3O2PS. The van der Waals surface area contributed by atoms with Crippen LogP contribution in [0.15, 0.2) is 36.4 Å². The zero-order valence-electron chi connectivity index (χ0n) is 22.4. The zero-order chi connectivity index (χ0) is 29.1. The lowest BCUT2D eigenvalue weighted by atomic mass is 10.0. The number of rotatable bonds is 8. The monoisotopic (exact) mass is 599 g/mol. The molecule has 0 spiro atoms. The van der Waals surface area contributed by atoms with Crippen molar-refractivity contribution in [3.05, 3.63) is 46.8 Å². The standard InChI is InChI=1S/C28H31F5N3O2PS/c1-36-13-11-22(21(30)16-36)35-24-7-4-6-19-20(15-28(31,32)33)26(40-27(19)24)8-5-12-34-23-10-9-18(39(2,3)37)14-25(23)38-17-29/h4,6-7,9-10,14,21-22,34-35H,11-13,15-17H2,1-3H3/t21-,22?/m0/s1. The van der Waals surface area contributed by atoms with Crippen molar-refractivity contribution in [2.45, 2.75) is 31.2 Å². The largest absolute Gasteiger partial charge is 0.461 e. The van der Waals surface area contributed by atoms with Gasteiger partial charge in [-0.2, -0.15) is 13.2 Å². The average Bonchev–Trinajstić information content (AvgIpc) is 3.20. The maximum atomic E-state index is 14.7. The molecule has 3 aromatic rings.